The van der Waals surface area contributed by atoms with Gasteiger partial charge in [-0.15, -0.1) is 0 Å². The van der Waals surface area contributed by atoms with Crippen LogP contribution in [-0.2, 0) is 21.1 Å². The monoisotopic (exact) mass is 264 g/mol. The van der Waals surface area contributed by atoms with E-state index in [9.17, 15) is 0 Å². The van der Waals surface area contributed by atoms with Gasteiger partial charge in [-0.25, -0.2) is 0 Å². The molecule has 0 amide bonds. The summed E-state index contributed by atoms with van der Waals surface area (Å²) in [5, 5.41) is 0. The summed E-state index contributed by atoms with van der Waals surface area (Å²) in [7, 11) is 0. The fourth-order valence-corrected chi connectivity index (χ4v) is 0.542. The molecule has 0 N–H and O–H groups in total. The van der Waals surface area contributed by atoms with Crippen molar-refractivity contribution in [3.63, 3.8) is 0 Å². The zero-order valence-electron chi connectivity index (χ0n) is 4.13. The summed E-state index contributed by atoms with van der Waals surface area (Å²) in [6.07, 6.45) is 11.0. The Kier molecular flexibility index (Phi) is 4.43. The van der Waals surface area contributed by atoms with Crippen molar-refractivity contribution < 1.29 is 21.1 Å². The van der Waals surface area contributed by atoms with Gasteiger partial charge in [0.1, 0.15) is 0 Å². The molecule has 0 saturated carbocycles. The van der Waals surface area contributed by atoms with Crippen LogP contribution in [0, 0.1) is 0 Å². The normalized spacial score (nSPS) is 16.0. The van der Waals surface area contributed by atoms with Crippen LogP contribution in [0.2, 0.25) is 0 Å². The van der Waals surface area contributed by atoms with Crippen molar-refractivity contribution >= 4 is 0 Å². The molecule has 0 aromatic carbocycles. The summed E-state index contributed by atoms with van der Waals surface area (Å²) in [5.41, 5.74) is 0. The average molecular weight is 264 g/mol. The molecular weight excluding hydrogens is 256 g/mol. The van der Waals surface area contributed by atoms with Crippen LogP contribution in [0.1, 0.15) is 12.8 Å². The minimum atomic E-state index is 0. The topological polar surface area (TPSA) is 0 Å². The van der Waals surface area contributed by atoms with E-state index in [1.165, 1.54) is 12.8 Å². The van der Waals surface area contributed by atoms with Gasteiger partial charge in [-0.05, 0) is 12.8 Å². The van der Waals surface area contributed by atoms with E-state index in [-0.39, 0.29) is 21.1 Å². The molecule has 0 atom stereocenters. The first-order valence-corrected chi connectivity index (χ1v) is 2.32. The molecule has 7 heavy (non-hydrogen) atoms. The summed E-state index contributed by atoms with van der Waals surface area (Å²) in [4.78, 5) is 0. The molecule has 0 spiro atoms. The molecule has 0 aromatic rings. The van der Waals surface area contributed by atoms with E-state index >= 15 is 0 Å². The average Bonchev–Trinajstić information content (AvgIpc) is 1.72. The zero-order chi connectivity index (χ0) is 4.24. The SMILES string of the molecule is C1=CCCC=C1.[W]. The second kappa shape index (κ2) is 4.33. The fraction of sp³-hybridized carbons (Fsp3) is 0.333. The smallest absolute Gasteiger partial charge is 0 e. The van der Waals surface area contributed by atoms with Gasteiger partial charge in [-0.2, -0.15) is 0 Å². The van der Waals surface area contributed by atoms with Crippen molar-refractivity contribution in [2.75, 3.05) is 0 Å². The molecule has 0 unspecified atom stereocenters. The van der Waals surface area contributed by atoms with Crippen LogP contribution in [0.3, 0.4) is 0 Å². The summed E-state index contributed by atoms with van der Waals surface area (Å²) < 4.78 is 0. The summed E-state index contributed by atoms with van der Waals surface area (Å²) >= 11 is 0. The Bertz CT molecular complexity index is 70.2. The van der Waals surface area contributed by atoms with Crippen LogP contribution in [-0.4, -0.2) is 0 Å². The second-order valence-corrected chi connectivity index (χ2v) is 1.43. The maximum absolute atomic E-state index is 2.18. The molecule has 0 bridgehead atoms. The molecule has 1 aliphatic carbocycles. The third-order valence-corrected chi connectivity index (χ3v) is 0.883. The quantitative estimate of drug-likeness (QED) is 0.626. The van der Waals surface area contributed by atoms with E-state index < -0.39 is 0 Å². The minimum absolute atomic E-state index is 0. The summed E-state index contributed by atoms with van der Waals surface area (Å²) in [5.74, 6) is 0. The minimum Gasteiger partial charge on any atom is -0.0842 e. The molecule has 0 aromatic heterocycles. The Balaban J connectivity index is 0.000000360. The Morgan fingerprint density at radius 2 is 1.29 bits per heavy atom. The zero-order valence-corrected chi connectivity index (χ0v) is 7.07. The molecule has 38 valence electrons. The molecule has 1 aliphatic rings. The number of allylic oxidation sites excluding steroid dienone is 4. The van der Waals surface area contributed by atoms with E-state index in [0.717, 1.165) is 0 Å². The molecule has 1 rings (SSSR count). The molecule has 0 fully saturated rings. The van der Waals surface area contributed by atoms with Crippen molar-refractivity contribution in [1.29, 1.82) is 0 Å². The maximum atomic E-state index is 2.18. The van der Waals surface area contributed by atoms with E-state index in [2.05, 4.69) is 24.3 Å². The van der Waals surface area contributed by atoms with Crippen molar-refractivity contribution in [2.45, 2.75) is 12.8 Å². The molecule has 1 heteroatoms. The van der Waals surface area contributed by atoms with Gasteiger partial charge in [-0.3, -0.25) is 0 Å². The van der Waals surface area contributed by atoms with E-state index in [0.29, 0.717) is 0 Å². The van der Waals surface area contributed by atoms with Gasteiger partial charge < -0.3 is 0 Å². The van der Waals surface area contributed by atoms with Crippen LogP contribution < -0.4 is 0 Å². The molecular formula is C6H8W. The molecule has 0 aliphatic heterocycles. The Morgan fingerprint density at radius 3 is 1.43 bits per heavy atom. The van der Waals surface area contributed by atoms with E-state index in [4.69, 9.17) is 0 Å². The Labute approximate surface area is 58.6 Å². The van der Waals surface area contributed by atoms with Gasteiger partial charge in [0.05, 0.1) is 0 Å². The predicted molar refractivity (Wildman–Crippen MR) is 27.5 cm³/mol. The Morgan fingerprint density at radius 1 is 0.857 bits per heavy atom. The van der Waals surface area contributed by atoms with Crippen LogP contribution in [0.15, 0.2) is 24.3 Å². The first-order valence-electron chi connectivity index (χ1n) is 2.32. The standard InChI is InChI=1S/C6H8.W/c1-2-4-6-5-3-1;/h1-4H,5-6H2;. The maximum Gasteiger partial charge on any atom is 0 e. The van der Waals surface area contributed by atoms with Crippen LogP contribution in [0.5, 0.6) is 0 Å². The van der Waals surface area contributed by atoms with E-state index in [1.54, 1.807) is 0 Å². The van der Waals surface area contributed by atoms with Crippen molar-refractivity contribution in [3.05, 3.63) is 24.3 Å². The largest absolute Gasteiger partial charge is 0.0842 e. The van der Waals surface area contributed by atoms with Crippen LogP contribution in [0.25, 0.3) is 0 Å². The van der Waals surface area contributed by atoms with Crippen molar-refractivity contribution in [3.8, 4) is 0 Å². The van der Waals surface area contributed by atoms with Crippen LogP contribution >= 0.6 is 0 Å². The fourth-order valence-electron chi connectivity index (χ4n) is 0.542. The Hall–Kier alpha value is 0.168. The summed E-state index contributed by atoms with van der Waals surface area (Å²) in [6.45, 7) is 0. The summed E-state index contributed by atoms with van der Waals surface area (Å²) in [6, 6.07) is 0. The number of hydrogen-bond donors (Lipinski definition) is 0. The number of rotatable bonds is 0. The van der Waals surface area contributed by atoms with Gasteiger partial charge in [0, 0.05) is 21.1 Å². The first-order chi connectivity index (χ1) is 3.00. The molecule has 0 heterocycles. The number of hydrogen-bond acceptors (Lipinski definition) is 0. The second-order valence-electron chi connectivity index (χ2n) is 1.43. The predicted octanol–water partition coefficient (Wildman–Crippen LogP) is 1.89. The molecule has 0 radical (unpaired) electrons. The third kappa shape index (κ3) is 2.82. The van der Waals surface area contributed by atoms with Gasteiger partial charge >= 0.3 is 0 Å². The van der Waals surface area contributed by atoms with Crippen molar-refractivity contribution in [1.82, 2.24) is 0 Å². The van der Waals surface area contributed by atoms with Gasteiger partial charge in [0.15, 0.2) is 0 Å². The van der Waals surface area contributed by atoms with Gasteiger partial charge in [0.25, 0.3) is 0 Å². The van der Waals surface area contributed by atoms with Gasteiger partial charge in [0.2, 0.25) is 0 Å². The van der Waals surface area contributed by atoms with Crippen molar-refractivity contribution in [2.24, 2.45) is 0 Å². The molecule has 0 nitrogen and oxygen atoms in total. The molecule has 0 saturated heterocycles. The first kappa shape index (κ1) is 7.17. The van der Waals surface area contributed by atoms with Crippen LogP contribution in [0.4, 0.5) is 0 Å². The van der Waals surface area contributed by atoms with E-state index in [1.807, 2.05) is 0 Å². The van der Waals surface area contributed by atoms with Gasteiger partial charge in [-0.1, -0.05) is 24.3 Å². The third-order valence-electron chi connectivity index (χ3n) is 0.883.